The van der Waals surface area contributed by atoms with E-state index < -0.39 is 0 Å². The lowest BCUT2D eigenvalue weighted by Gasteiger charge is -2.33. The average Bonchev–Trinajstić information content (AvgIpc) is 2.68. The maximum absolute atomic E-state index is 12.8. The van der Waals surface area contributed by atoms with Gasteiger partial charge in [-0.05, 0) is 31.0 Å². The molecule has 1 aromatic carbocycles. The van der Waals surface area contributed by atoms with Crippen LogP contribution in [0.5, 0.6) is 11.6 Å². The Kier molecular flexibility index (Phi) is 5.55. The molecule has 7 nitrogen and oxygen atoms in total. The number of likely N-dealkylation sites (tertiary alicyclic amines) is 1. The molecule has 1 amide bonds. The van der Waals surface area contributed by atoms with E-state index in [1.54, 1.807) is 25.6 Å². The van der Waals surface area contributed by atoms with Crippen LogP contribution < -0.4 is 14.4 Å². The predicted molar refractivity (Wildman–Crippen MR) is 98.9 cm³/mol. The molecule has 3 rings (SSSR count). The third-order valence-corrected chi connectivity index (χ3v) is 4.33. The van der Waals surface area contributed by atoms with E-state index in [2.05, 4.69) is 9.97 Å². The number of aromatic nitrogens is 2. The summed E-state index contributed by atoms with van der Waals surface area (Å²) in [6.07, 6.45) is 4.92. The van der Waals surface area contributed by atoms with E-state index in [4.69, 9.17) is 9.47 Å². The molecule has 26 heavy (non-hydrogen) atoms. The molecule has 1 aliphatic rings. The van der Waals surface area contributed by atoms with Gasteiger partial charge in [0, 0.05) is 38.6 Å². The highest BCUT2D eigenvalue weighted by Crippen LogP contribution is 2.25. The fourth-order valence-electron chi connectivity index (χ4n) is 3.02. The van der Waals surface area contributed by atoms with Crippen LogP contribution in [0.1, 0.15) is 23.2 Å². The quantitative estimate of drug-likeness (QED) is 0.818. The number of carbonyl (C=O) groups excluding carboxylic acids is 1. The summed E-state index contributed by atoms with van der Waals surface area (Å²) < 4.78 is 11.3. The zero-order valence-corrected chi connectivity index (χ0v) is 15.4. The first kappa shape index (κ1) is 18.0. The zero-order chi connectivity index (χ0) is 18.5. The summed E-state index contributed by atoms with van der Waals surface area (Å²) in [6.45, 7) is 1.25. The summed E-state index contributed by atoms with van der Waals surface area (Å²) in [7, 11) is 5.39. The number of methoxy groups -OCH3 is 1. The van der Waals surface area contributed by atoms with Crippen molar-refractivity contribution in [1.29, 1.82) is 0 Å². The van der Waals surface area contributed by atoms with E-state index in [1.165, 1.54) is 0 Å². The number of hydrogen-bond acceptors (Lipinski definition) is 6. The van der Waals surface area contributed by atoms with Crippen LogP contribution in [-0.4, -0.2) is 61.2 Å². The number of amides is 1. The lowest BCUT2D eigenvalue weighted by Crippen LogP contribution is -2.44. The van der Waals surface area contributed by atoms with Gasteiger partial charge in [0.25, 0.3) is 11.8 Å². The molecule has 1 atom stereocenters. The molecule has 2 heterocycles. The van der Waals surface area contributed by atoms with E-state index in [1.807, 2.05) is 42.1 Å². The first-order valence-corrected chi connectivity index (χ1v) is 8.67. The average molecular weight is 356 g/mol. The van der Waals surface area contributed by atoms with Crippen molar-refractivity contribution in [3.8, 4) is 11.6 Å². The Morgan fingerprint density at radius 1 is 1.27 bits per heavy atom. The maximum Gasteiger partial charge on any atom is 0.257 e. The lowest BCUT2D eigenvalue weighted by molar-refractivity contribution is 0.0528. The van der Waals surface area contributed by atoms with Gasteiger partial charge in [0.2, 0.25) is 0 Å². The minimum Gasteiger partial charge on any atom is -0.497 e. The Bertz CT molecular complexity index is 766. The molecule has 1 aliphatic heterocycles. The van der Waals surface area contributed by atoms with Gasteiger partial charge < -0.3 is 19.3 Å². The third kappa shape index (κ3) is 4.04. The van der Waals surface area contributed by atoms with E-state index in [0.29, 0.717) is 29.6 Å². The molecule has 1 unspecified atom stereocenters. The molecule has 0 spiro atoms. The van der Waals surface area contributed by atoms with Crippen molar-refractivity contribution < 1.29 is 14.3 Å². The fraction of sp³-hybridized carbons (Fsp3) is 0.421. The fourth-order valence-corrected chi connectivity index (χ4v) is 3.02. The molecule has 1 fully saturated rings. The van der Waals surface area contributed by atoms with Gasteiger partial charge in [-0.25, -0.2) is 9.97 Å². The summed E-state index contributed by atoms with van der Waals surface area (Å²) in [5.41, 5.74) is 0.624. The van der Waals surface area contributed by atoms with Crippen LogP contribution in [-0.2, 0) is 0 Å². The van der Waals surface area contributed by atoms with Crippen LogP contribution in [0.2, 0.25) is 0 Å². The minimum absolute atomic E-state index is 0.0100. The van der Waals surface area contributed by atoms with Gasteiger partial charge >= 0.3 is 0 Å². The number of carbonyl (C=O) groups is 1. The number of ether oxygens (including phenoxy) is 2. The molecular weight excluding hydrogens is 332 g/mol. The highest BCUT2D eigenvalue weighted by Gasteiger charge is 2.27. The molecule has 0 saturated carbocycles. The molecule has 0 N–H and O–H groups in total. The van der Waals surface area contributed by atoms with Crippen LogP contribution in [0.3, 0.4) is 0 Å². The minimum atomic E-state index is -0.103. The Morgan fingerprint density at radius 3 is 2.85 bits per heavy atom. The number of anilines is 1. The molecular formula is C19H24N4O3. The number of hydrogen-bond donors (Lipinski definition) is 0. The van der Waals surface area contributed by atoms with E-state index in [9.17, 15) is 4.79 Å². The number of rotatable bonds is 5. The van der Waals surface area contributed by atoms with Crippen molar-refractivity contribution in [2.45, 2.75) is 18.9 Å². The highest BCUT2D eigenvalue weighted by molar-refractivity contribution is 5.94. The van der Waals surface area contributed by atoms with Gasteiger partial charge in [0.15, 0.2) is 5.82 Å². The van der Waals surface area contributed by atoms with Gasteiger partial charge in [-0.3, -0.25) is 4.79 Å². The first-order chi connectivity index (χ1) is 12.6. The first-order valence-electron chi connectivity index (χ1n) is 8.67. The summed E-state index contributed by atoms with van der Waals surface area (Å²) >= 11 is 0. The Morgan fingerprint density at radius 2 is 2.08 bits per heavy atom. The smallest absolute Gasteiger partial charge is 0.257 e. The predicted octanol–water partition coefficient (Wildman–Crippen LogP) is 2.23. The van der Waals surface area contributed by atoms with Crippen molar-refractivity contribution in [1.82, 2.24) is 14.9 Å². The van der Waals surface area contributed by atoms with Gasteiger partial charge in [-0.1, -0.05) is 6.07 Å². The van der Waals surface area contributed by atoms with Crippen molar-refractivity contribution >= 4 is 11.7 Å². The summed E-state index contributed by atoms with van der Waals surface area (Å²) in [6, 6.07) is 7.23. The Labute approximate surface area is 153 Å². The van der Waals surface area contributed by atoms with Crippen LogP contribution in [0, 0.1) is 0 Å². The van der Waals surface area contributed by atoms with Crippen LogP contribution in [0.4, 0.5) is 5.82 Å². The largest absolute Gasteiger partial charge is 0.497 e. The monoisotopic (exact) mass is 356 g/mol. The Balaban J connectivity index is 1.70. The SMILES string of the molecule is COc1cccc(C(=O)N2CCCC(Oc3nccnc3N(C)C)C2)c1. The van der Waals surface area contributed by atoms with E-state index >= 15 is 0 Å². The van der Waals surface area contributed by atoms with E-state index in [0.717, 1.165) is 19.4 Å². The normalized spacial score (nSPS) is 16.9. The van der Waals surface area contributed by atoms with Crippen LogP contribution in [0.25, 0.3) is 0 Å². The summed E-state index contributed by atoms with van der Waals surface area (Å²) in [5.74, 6) is 1.85. The second kappa shape index (κ2) is 8.03. The molecule has 0 radical (unpaired) electrons. The highest BCUT2D eigenvalue weighted by atomic mass is 16.5. The zero-order valence-electron chi connectivity index (χ0n) is 15.4. The van der Waals surface area contributed by atoms with Gasteiger partial charge in [-0.2, -0.15) is 0 Å². The number of benzene rings is 1. The molecule has 0 bridgehead atoms. The van der Waals surface area contributed by atoms with E-state index in [-0.39, 0.29) is 12.0 Å². The van der Waals surface area contributed by atoms with Crippen molar-refractivity contribution in [3.63, 3.8) is 0 Å². The second-order valence-electron chi connectivity index (χ2n) is 6.44. The van der Waals surface area contributed by atoms with Crippen molar-refractivity contribution in [2.24, 2.45) is 0 Å². The van der Waals surface area contributed by atoms with Crippen LogP contribution in [0.15, 0.2) is 36.7 Å². The maximum atomic E-state index is 12.8. The number of nitrogens with zero attached hydrogens (tertiary/aromatic N) is 4. The second-order valence-corrected chi connectivity index (χ2v) is 6.44. The molecule has 2 aromatic rings. The molecule has 7 heteroatoms. The van der Waals surface area contributed by atoms with Gasteiger partial charge in [0.1, 0.15) is 11.9 Å². The third-order valence-electron chi connectivity index (χ3n) is 4.33. The molecule has 0 aliphatic carbocycles. The summed E-state index contributed by atoms with van der Waals surface area (Å²) in [4.78, 5) is 25.1. The standard InChI is InChI=1S/C19H24N4O3/c1-22(2)17-18(21-10-9-20-17)26-16-8-5-11-23(13-16)19(24)14-6-4-7-15(12-14)25-3/h4,6-7,9-10,12,16H,5,8,11,13H2,1-3H3. The molecule has 138 valence electrons. The Hall–Kier alpha value is -2.83. The summed E-state index contributed by atoms with van der Waals surface area (Å²) in [5, 5.41) is 0. The van der Waals surface area contributed by atoms with Crippen LogP contribution >= 0.6 is 0 Å². The molecule has 1 saturated heterocycles. The lowest BCUT2D eigenvalue weighted by atomic mass is 10.1. The molecule has 1 aromatic heterocycles. The van der Waals surface area contributed by atoms with Crippen molar-refractivity contribution in [3.05, 3.63) is 42.2 Å². The van der Waals surface area contributed by atoms with Gasteiger partial charge in [-0.15, -0.1) is 0 Å². The topological polar surface area (TPSA) is 67.8 Å². The van der Waals surface area contributed by atoms with Crippen molar-refractivity contribution in [2.75, 3.05) is 39.2 Å². The number of piperidine rings is 1. The van der Waals surface area contributed by atoms with Gasteiger partial charge in [0.05, 0.1) is 13.7 Å².